The molecular weight excluding hydrogens is 228 g/mol. The maximum Gasteiger partial charge on any atom is 0.183 e. The quantitative estimate of drug-likeness (QED) is 0.752. The molecule has 0 spiro atoms. The van der Waals surface area contributed by atoms with Crippen molar-refractivity contribution in [3.63, 3.8) is 0 Å². The maximum absolute atomic E-state index is 5.06. The van der Waals surface area contributed by atoms with E-state index in [2.05, 4.69) is 15.9 Å². The standard InChI is InChI=1S/C7H9BrO2S/c1-9-7(10-2)5-3-6(8)11-4-5/h3-4,7H,1-2H3. The number of methoxy groups -OCH3 is 2. The zero-order chi connectivity index (χ0) is 8.27. The van der Waals surface area contributed by atoms with Crippen molar-refractivity contribution in [1.29, 1.82) is 0 Å². The van der Waals surface area contributed by atoms with Crippen LogP contribution in [0.25, 0.3) is 0 Å². The van der Waals surface area contributed by atoms with Crippen LogP contribution in [0.15, 0.2) is 15.2 Å². The molecule has 0 aliphatic rings. The number of hydrogen-bond acceptors (Lipinski definition) is 3. The summed E-state index contributed by atoms with van der Waals surface area (Å²) in [6.07, 6.45) is -0.238. The Bertz CT molecular complexity index is 220. The van der Waals surface area contributed by atoms with Gasteiger partial charge in [0.1, 0.15) is 0 Å². The van der Waals surface area contributed by atoms with Crippen molar-refractivity contribution in [2.24, 2.45) is 0 Å². The van der Waals surface area contributed by atoms with Gasteiger partial charge in [-0.1, -0.05) is 0 Å². The molecule has 1 aromatic heterocycles. The van der Waals surface area contributed by atoms with Crippen molar-refractivity contribution in [2.75, 3.05) is 14.2 Å². The molecule has 2 nitrogen and oxygen atoms in total. The van der Waals surface area contributed by atoms with Gasteiger partial charge in [-0.25, -0.2) is 0 Å². The lowest BCUT2D eigenvalue weighted by Gasteiger charge is -2.10. The predicted molar refractivity (Wildman–Crippen MR) is 48.8 cm³/mol. The summed E-state index contributed by atoms with van der Waals surface area (Å²) >= 11 is 4.99. The van der Waals surface area contributed by atoms with Gasteiger partial charge in [0.25, 0.3) is 0 Å². The summed E-state index contributed by atoms with van der Waals surface area (Å²) in [5.74, 6) is 0. The molecule has 0 saturated heterocycles. The summed E-state index contributed by atoms with van der Waals surface area (Å²) in [5, 5.41) is 2.00. The minimum atomic E-state index is -0.238. The zero-order valence-electron chi connectivity index (χ0n) is 6.33. The Morgan fingerprint density at radius 2 is 2.09 bits per heavy atom. The van der Waals surface area contributed by atoms with Crippen molar-refractivity contribution >= 4 is 27.3 Å². The summed E-state index contributed by atoms with van der Waals surface area (Å²) in [7, 11) is 3.25. The molecule has 1 aromatic rings. The van der Waals surface area contributed by atoms with E-state index in [1.165, 1.54) is 0 Å². The van der Waals surface area contributed by atoms with Crippen LogP contribution in [0.2, 0.25) is 0 Å². The number of hydrogen-bond donors (Lipinski definition) is 0. The van der Waals surface area contributed by atoms with Crippen molar-refractivity contribution in [2.45, 2.75) is 6.29 Å². The van der Waals surface area contributed by atoms with Crippen LogP contribution >= 0.6 is 27.3 Å². The van der Waals surface area contributed by atoms with Gasteiger partial charge in [0.2, 0.25) is 0 Å². The SMILES string of the molecule is COC(OC)c1csc(Br)c1. The first-order valence-corrected chi connectivity index (χ1v) is 4.74. The molecule has 1 rings (SSSR count). The summed E-state index contributed by atoms with van der Waals surface area (Å²) in [6.45, 7) is 0. The second kappa shape index (κ2) is 4.21. The predicted octanol–water partition coefficient (Wildman–Crippen LogP) is 2.80. The first kappa shape index (κ1) is 9.19. The van der Waals surface area contributed by atoms with E-state index in [0.29, 0.717) is 0 Å². The van der Waals surface area contributed by atoms with Crippen molar-refractivity contribution in [3.8, 4) is 0 Å². The minimum absolute atomic E-state index is 0.238. The molecule has 0 unspecified atom stereocenters. The van der Waals surface area contributed by atoms with Gasteiger partial charge in [-0.05, 0) is 22.0 Å². The van der Waals surface area contributed by atoms with Gasteiger partial charge in [-0.2, -0.15) is 0 Å². The molecule has 0 aliphatic carbocycles. The van der Waals surface area contributed by atoms with Gasteiger partial charge >= 0.3 is 0 Å². The highest BCUT2D eigenvalue weighted by Crippen LogP contribution is 2.26. The van der Waals surface area contributed by atoms with Gasteiger partial charge in [-0.15, -0.1) is 11.3 Å². The van der Waals surface area contributed by atoms with Gasteiger partial charge < -0.3 is 9.47 Å². The number of rotatable bonds is 3. The lowest BCUT2D eigenvalue weighted by Crippen LogP contribution is -2.01. The Morgan fingerprint density at radius 1 is 1.45 bits per heavy atom. The molecule has 0 atom stereocenters. The van der Waals surface area contributed by atoms with Crippen molar-refractivity contribution in [1.82, 2.24) is 0 Å². The second-order valence-electron chi connectivity index (χ2n) is 1.99. The topological polar surface area (TPSA) is 18.5 Å². The van der Waals surface area contributed by atoms with Crippen LogP contribution in [-0.2, 0) is 9.47 Å². The average molecular weight is 237 g/mol. The van der Waals surface area contributed by atoms with Gasteiger partial charge in [0.05, 0.1) is 3.79 Å². The number of ether oxygens (including phenoxy) is 2. The fraction of sp³-hybridized carbons (Fsp3) is 0.429. The van der Waals surface area contributed by atoms with E-state index < -0.39 is 0 Å². The summed E-state index contributed by atoms with van der Waals surface area (Å²) in [4.78, 5) is 0. The molecular formula is C7H9BrO2S. The smallest absolute Gasteiger partial charge is 0.183 e. The Morgan fingerprint density at radius 3 is 2.45 bits per heavy atom. The van der Waals surface area contributed by atoms with E-state index >= 15 is 0 Å². The average Bonchev–Trinajstić information content (AvgIpc) is 2.39. The molecule has 0 N–H and O–H groups in total. The molecule has 0 radical (unpaired) electrons. The zero-order valence-corrected chi connectivity index (χ0v) is 8.74. The fourth-order valence-electron chi connectivity index (χ4n) is 0.815. The maximum atomic E-state index is 5.06. The molecule has 0 aliphatic heterocycles. The summed E-state index contributed by atoms with van der Waals surface area (Å²) < 4.78 is 11.2. The molecule has 62 valence electrons. The van der Waals surface area contributed by atoms with Crippen LogP contribution in [0.4, 0.5) is 0 Å². The van der Waals surface area contributed by atoms with Crippen LogP contribution in [-0.4, -0.2) is 14.2 Å². The number of thiophene rings is 1. The summed E-state index contributed by atoms with van der Waals surface area (Å²) in [5.41, 5.74) is 1.05. The molecule has 0 saturated carbocycles. The van der Waals surface area contributed by atoms with E-state index in [4.69, 9.17) is 9.47 Å². The summed E-state index contributed by atoms with van der Waals surface area (Å²) in [6, 6.07) is 1.99. The highest BCUT2D eigenvalue weighted by Gasteiger charge is 2.09. The van der Waals surface area contributed by atoms with Crippen LogP contribution in [0.5, 0.6) is 0 Å². The number of halogens is 1. The van der Waals surface area contributed by atoms with Crippen molar-refractivity contribution in [3.05, 3.63) is 20.8 Å². The molecule has 11 heavy (non-hydrogen) atoms. The molecule has 0 fully saturated rings. The Labute approximate surface area is 78.3 Å². The van der Waals surface area contributed by atoms with Crippen LogP contribution in [0.1, 0.15) is 11.9 Å². The van der Waals surface area contributed by atoms with Crippen molar-refractivity contribution < 1.29 is 9.47 Å². The van der Waals surface area contributed by atoms with E-state index in [-0.39, 0.29) is 6.29 Å². The minimum Gasteiger partial charge on any atom is -0.352 e. The highest BCUT2D eigenvalue weighted by atomic mass is 79.9. The Balaban J connectivity index is 2.73. The van der Waals surface area contributed by atoms with Crippen LogP contribution < -0.4 is 0 Å². The van der Waals surface area contributed by atoms with Gasteiger partial charge in [0.15, 0.2) is 6.29 Å². The van der Waals surface area contributed by atoms with Crippen LogP contribution in [0.3, 0.4) is 0 Å². The molecule has 0 aromatic carbocycles. The van der Waals surface area contributed by atoms with Gasteiger partial charge in [-0.3, -0.25) is 0 Å². The first-order chi connectivity index (χ1) is 5.27. The molecule has 4 heteroatoms. The van der Waals surface area contributed by atoms with E-state index in [9.17, 15) is 0 Å². The third kappa shape index (κ3) is 2.27. The largest absolute Gasteiger partial charge is 0.352 e. The lowest BCUT2D eigenvalue weighted by atomic mass is 10.3. The lowest BCUT2D eigenvalue weighted by molar-refractivity contribution is -0.105. The second-order valence-corrected chi connectivity index (χ2v) is 4.28. The molecule has 0 amide bonds. The third-order valence-corrected chi connectivity index (χ3v) is 2.81. The van der Waals surface area contributed by atoms with E-state index in [1.807, 2.05) is 11.4 Å². The van der Waals surface area contributed by atoms with E-state index in [1.54, 1.807) is 25.6 Å². The first-order valence-electron chi connectivity index (χ1n) is 3.07. The van der Waals surface area contributed by atoms with Gasteiger partial charge in [0, 0.05) is 25.2 Å². The van der Waals surface area contributed by atoms with Crippen LogP contribution in [0, 0.1) is 0 Å². The highest BCUT2D eigenvalue weighted by molar-refractivity contribution is 9.11. The Kier molecular flexibility index (Phi) is 3.51. The third-order valence-electron chi connectivity index (χ3n) is 1.29. The van der Waals surface area contributed by atoms with E-state index in [0.717, 1.165) is 9.35 Å². The molecule has 1 heterocycles. The Hall–Kier alpha value is 0.100. The normalized spacial score (nSPS) is 10.9. The molecule has 0 bridgehead atoms. The fourth-order valence-corrected chi connectivity index (χ4v) is 1.99. The monoisotopic (exact) mass is 236 g/mol.